The maximum absolute atomic E-state index is 10.9. The van der Waals surface area contributed by atoms with E-state index in [1.165, 1.54) is 11.3 Å². The third-order valence-corrected chi connectivity index (χ3v) is 3.50. The van der Waals surface area contributed by atoms with Crippen molar-refractivity contribution in [3.8, 4) is 0 Å². The highest BCUT2D eigenvalue weighted by Gasteiger charge is 2.19. The number of carboxylic acids is 1. The molecule has 0 saturated heterocycles. The van der Waals surface area contributed by atoms with Crippen LogP contribution in [0.2, 0.25) is 0 Å². The van der Waals surface area contributed by atoms with Gasteiger partial charge in [0.25, 0.3) is 0 Å². The molecule has 3 N–H and O–H groups in total. The van der Waals surface area contributed by atoms with Gasteiger partial charge in [-0.2, -0.15) is 0 Å². The first-order chi connectivity index (χ1) is 7.96. The molecular weight excluding hydrogens is 238 g/mol. The van der Waals surface area contributed by atoms with Gasteiger partial charge in [0, 0.05) is 13.1 Å². The quantitative estimate of drug-likeness (QED) is 0.699. The van der Waals surface area contributed by atoms with E-state index in [0.717, 1.165) is 18.4 Å². The largest absolute Gasteiger partial charge is 0.477 e. The average Bonchev–Trinajstić information content (AvgIpc) is 2.65. The Balaban J connectivity index is 2.46. The Morgan fingerprint density at radius 2 is 2.29 bits per heavy atom. The van der Waals surface area contributed by atoms with Crippen LogP contribution in [0.1, 0.15) is 41.9 Å². The smallest absolute Gasteiger partial charge is 0.346 e. The summed E-state index contributed by atoms with van der Waals surface area (Å²) in [4.78, 5) is 11.2. The summed E-state index contributed by atoms with van der Waals surface area (Å²) in [6, 6.07) is 1.80. The van der Waals surface area contributed by atoms with E-state index >= 15 is 0 Å². The van der Waals surface area contributed by atoms with Gasteiger partial charge in [0.2, 0.25) is 0 Å². The molecule has 4 nitrogen and oxygen atoms in total. The monoisotopic (exact) mass is 257 g/mol. The van der Waals surface area contributed by atoms with Crippen molar-refractivity contribution in [1.82, 2.24) is 5.32 Å². The highest BCUT2D eigenvalue weighted by atomic mass is 32.1. The number of thiophene rings is 1. The summed E-state index contributed by atoms with van der Waals surface area (Å²) in [5.41, 5.74) is 0.0449. The van der Waals surface area contributed by atoms with E-state index in [4.69, 9.17) is 5.11 Å². The standard InChI is InChI=1S/C12H19NO3S/c1-3-5-12(2,16)8-13-7-9-4-6-17-10(9)11(14)15/h4,6,13,16H,3,5,7-8H2,1-2H3,(H,14,15). The Morgan fingerprint density at radius 3 is 2.88 bits per heavy atom. The van der Waals surface area contributed by atoms with Crippen molar-refractivity contribution < 1.29 is 15.0 Å². The lowest BCUT2D eigenvalue weighted by Gasteiger charge is -2.23. The predicted molar refractivity (Wildman–Crippen MR) is 68.5 cm³/mol. The lowest BCUT2D eigenvalue weighted by molar-refractivity contribution is 0.0498. The van der Waals surface area contributed by atoms with E-state index in [1.54, 1.807) is 18.4 Å². The van der Waals surface area contributed by atoms with E-state index in [1.807, 2.05) is 6.92 Å². The second-order valence-corrected chi connectivity index (χ2v) is 5.35. The van der Waals surface area contributed by atoms with Crippen LogP contribution in [-0.4, -0.2) is 28.3 Å². The van der Waals surface area contributed by atoms with E-state index < -0.39 is 11.6 Å². The minimum atomic E-state index is -0.892. The van der Waals surface area contributed by atoms with Crippen LogP contribution >= 0.6 is 11.3 Å². The van der Waals surface area contributed by atoms with Crippen molar-refractivity contribution in [2.75, 3.05) is 6.54 Å². The first kappa shape index (κ1) is 14.2. The maximum Gasteiger partial charge on any atom is 0.346 e. The zero-order valence-corrected chi connectivity index (χ0v) is 11.0. The number of hydrogen-bond acceptors (Lipinski definition) is 4. The van der Waals surface area contributed by atoms with Crippen LogP contribution in [0.3, 0.4) is 0 Å². The summed E-state index contributed by atoms with van der Waals surface area (Å²) < 4.78 is 0. The summed E-state index contributed by atoms with van der Waals surface area (Å²) >= 11 is 1.22. The topological polar surface area (TPSA) is 69.6 Å². The third-order valence-electron chi connectivity index (χ3n) is 2.55. The van der Waals surface area contributed by atoms with E-state index in [0.29, 0.717) is 18.0 Å². The fourth-order valence-electron chi connectivity index (χ4n) is 1.76. The van der Waals surface area contributed by atoms with Crippen molar-refractivity contribution in [3.63, 3.8) is 0 Å². The Kier molecular flexibility index (Phi) is 5.11. The molecule has 1 heterocycles. The first-order valence-electron chi connectivity index (χ1n) is 5.69. The molecule has 1 unspecified atom stereocenters. The van der Waals surface area contributed by atoms with Crippen molar-refractivity contribution in [1.29, 1.82) is 0 Å². The van der Waals surface area contributed by atoms with Gasteiger partial charge in [-0.3, -0.25) is 0 Å². The molecule has 17 heavy (non-hydrogen) atoms. The Morgan fingerprint density at radius 1 is 1.59 bits per heavy atom. The summed E-state index contributed by atoms with van der Waals surface area (Å²) in [7, 11) is 0. The minimum Gasteiger partial charge on any atom is -0.477 e. The second-order valence-electron chi connectivity index (χ2n) is 4.43. The molecule has 1 atom stereocenters. The van der Waals surface area contributed by atoms with Crippen LogP contribution in [0.4, 0.5) is 0 Å². The third kappa shape index (κ3) is 4.46. The Hall–Kier alpha value is -0.910. The highest BCUT2D eigenvalue weighted by molar-refractivity contribution is 7.12. The van der Waals surface area contributed by atoms with Gasteiger partial charge in [-0.25, -0.2) is 4.79 Å². The van der Waals surface area contributed by atoms with Crippen LogP contribution in [0, 0.1) is 0 Å². The predicted octanol–water partition coefficient (Wildman–Crippen LogP) is 2.09. The molecule has 1 aromatic rings. The van der Waals surface area contributed by atoms with Crippen LogP contribution in [0.15, 0.2) is 11.4 Å². The van der Waals surface area contributed by atoms with Gasteiger partial charge in [-0.1, -0.05) is 13.3 Å². The fourth-order valence-corrected chi connectivity index (χ4v) is 2.52. The molecule has 0 bridgehead atoms. The van der Waals surface area contributed by atoms with Gasteiger partial charge in [0.05, 0.1) is 5.60 Å². The van der Waals surface area contributed by atoms with Crippen molar-refractivity contribution >= 4 is 17.3 Å². The molecule has 0 amide bonds. The maximum atomic E-state index is 10.9. The van der Waals surface area contributed by atoms with Gasteiger partial charge in [0.15, 0.2) is 0 Å². The molecule has 0 saturated carbocycles. The molecule has 1 aromatic heterocycles. The Bertz CT molecular complexity index is 374. The van der Waals surface area contributed by atoms with Gasteiger partial charge in [-0.05, 0) is 30.4 Å². The van der Waals surface area contributed by atoms with Crippen LogP contribution in [0.25, 0.3) is 0 Å². The summed E-state index contributed by atoms with van der Waals surface area (Å²) in [5, 5.41) is 23.7. The molecule has 0 fully saturated rings. The highest BCUT2D eigenvalue weighted by Crippen LogP contribution is 2.17. The second kappa shape index (κ2) is 6.14. The molecular formula is C12H19NO3S. The molecule has 0 aliphatic rings. The number of carbonyl (C=O) groups is 1. The SMILES string of the molecule is CCCC(C)(O)CNCc1ccsc1C(=O)O. The van der Waals surface area contributed by atoms with E-state index in [2.05, 4.69) is 5.32 Å². The number of rotatable bonds is 7. The number of nitrogens with one attached hydrogen (secondary N) is 1. The van der Waals surface area contributed by atoms with Gasteiger partial charge >= 0.3 is 5.97 Å². The molecule has 0 spiro atoms. The van der Waals surface area contributed by atoms with Crippen molar-refractivity contribution in [2.24, 2.45) is 0 Å². The van der Waals surface area contributed by atoms with Gasteiger partial charge in [-0.15, -0.1) is 11.3 Å². The van der Waals surface area contributed by atoms with Crippen LogP contribution in [-0.2, 0) is 6.54 Å². The molecule has 96 valence electrons. The molecule has 0 aromatic carbocycles. The molecule has 0 aliphatic heterocycles. The molecule has 0 aliphatic carbocycles. The lowest BCUT2D eigenvalue weighted by Crippen LogP contribution is -2.37. The van der Waals surface area contributed by atoms with Crippen molar-refractivity contribution in [3.05, 3.63) is 21.9 Å². The molecule has 5 heteroatoms. The van der Waals surface area contributed by atoms with Crippen molar-refractivity contribution in [2.45, 2.75) is 38.8 Å². The number of hydrogen-bond donors (Lipinski definition) is 3. The number of aromatic carboxylic acids is 1. The van der Waals surface area contributed by atoms with E-state index in [9.17, 15) is 9.90 Å². The van der Waals surface area contributed by atoms with Gasteiger partial charge in [0.1, 0.15) is 4.88 Å². The zero-order chi connectivity index (χ0) is 12.9. The first-order valence-corrected chi connectivity index (χ1v) is 6.57. The molecule has 1 rings (SSSR count). The fraction of sp³-hybridized carbons (Fsp3) is 0.583. The molecule has 0 radical (unpaired) electrons. The van der Waals surface area contributed by atoms with Crippen LogP contribution in [0.5, 0.6) is 0 Å². The number of aliphatic hydroxyl groups is 1. The zero-order valence-electron chi connectivity index (χ0n) is 10.2. The lowest BCUT2D eigenvalue weighted by atomic mass is 10.0. The Labute approximate surface area is 105 Å². The summed E-state index contributed by atoms with van der Waals surface area (Å²) in [5.74, 6) is -0.892. The minimum absolute atomic E-state index is 0.368. The number of carboxylic acid groups (broad SMARTS) is 1. The summed E-state index contributed by atoms with van der Waals surface area (Å²) in [6.07, 6.45) is 1.66. The van der Waals surface area contributed by atoms with Crippen LogP contribution < -0.4 is 5.32 Å². The average molecular weight is 257 g/mol. The normalized spacial score (nSPS) is 14.5. The van der Waals surface area contributed by atoms with E-state index in [-0.39, 0.29) is 0 Å². The van der Waals surface area contributed by atoms with Gasteiger partial charge < -0.3 is 15.5 Å². The summed E-state index contributed by atoms with van der Waals surface area (Å²) in [6.45, 7) is 4.76.